The average Bonchev–Trinajstić information content (AvgIpc) is 3.15. The molecular formula is C22H32N6O3. The quantitative estimate of drug-likeness (QED) is 0.671. The van der Waals surface area contributed by atoms with Crippen LogP contribution in [-0.4, -0.2) is 56.3 Å². The summed E-state index contributed by atoms with van der Waals surface area (Å²) < 4.78 is 5.29. The summed E-state index contributed by atoms with van der Waals surface area (Å²) in [4.78, 5) is 31.1. The number of ether oxygens (including phenoxy) is 1. The van der Waals surface area contributed by atoms with Crippen molar-refractivity contribution < 1.29 is 14.3 Å². The maximum atomic E-state index is 13.0. The lowest BCUT2D eigenvalue weighted by Gasteiger charge is -2.37. The van der Waals surface area contributed by atoms with Crippen molar-refractivity contribution in [3.63, 3.8) is 0 Å². The van der Waals surface area contributed by atoms with E-state index in [1.807, 2.05) is 24.3 Å². The van der Waals surface area contributed by atoms with Crippen molar-refractivity contribution >= 4 is 23.6 Å². The molecule has 0 unspecified atom stereocenters. The first-order chi connectivity index (χ1) is 14.5. The largest absolute Gasteiger partial charge is 0.444 e. The molecule has 31 heavy (non-hydrogen) atoms. The van der Waals surface area contributed by atoms with Gasteiger partial charge >= 0.3 is 6.09 Å². The van der Waals surface area contributed by atoms with Gasteiger partial charge in [0.15, 0.2) is 5.82 Å². The predicted octanol–water partition coefficient (Wildman–Crippen LogP) is 3.56. The van der Waals surface area contributed by atoms with E-state index in [0.29, 0.717) is 13.1 Å². The Hall–Kier alpha value is -3.10. The number of nitrogens with one attached hydrogen (secondary N) is 3. The number of anilines is 2. The first-order valence-corrected chi connectivity index (χ1v) is 10.6. The summed E-state index contributed by atoms with van der Waals surface area (Å²) in [5.74, 6) is 1.63. The van der Waals surface area contributed by atoms with Gasteiger partial charge in [-0.1, -0.05) is 6.07 Å². The topological polar surface area (TPSA) is 112 Å². The molecule has 1 fully saturated rings. The van der Waals surface area contributed by atoms with Crippen molar-refractivity contribution in [3.8, 4) is 0 Å². The second-order valence-electron chi connectivity index (χ2n) is 9.37. The molecular weight excluding hydrogens is 396 g/mol. The van der Waals surface area contributed by atoms with Crippen LogP contribution >= 0.6 is 0 Å². The van der Waals surface area contributed by atoms with Crippen molar-refractivity contribution in [2.24, 2.45) is 0 Å². The first kappa shape index (κ1) is 22.6. The van der Waals surface area contributed by atoms with Crippen molar-refractivity contribution in [2.75, 3.05) is 18.4 Å². The Morgan fingerprint density at radius 1 is 1.13 bits per heavy atom. The van der Waals surface area contributed by atoms with Gasteiger partial charge in [-0.05, 0) is 59.6 Å². The van der Waals surface area contributed by atoms with E-state index in [1.54, 1.807) is 45.7 Å². The lowest BCUT2D eigenvalue weighted by Crippen LogP contribution is -2.57. The van der Waals surface area contributed by atoms with Gasteiger partial charge in [0, 0.05) is 37.0 Å². The molecule has 0 aromatic carbocycles. The monoisotopic (exact) mass is 428 g/mol. The minimum atomic E-state index is -1.04. The Kier molecular flexibility index (Phi) is 6.52. The van der Waals surface area contributed by atoms with Gasteiger partial charge in [0.05, 0.1) is 0 Å². The maximum absolute atomic E-state index is 13.0. The number of aromatic amines is 1. The van der Waals surface area contributed by atoms with Crippen molar-refractivity contribution in [3.05, 3.63) is 36.2 Å². The Morgan fingerprint density at radius 3 is 2.45 bits per heavy atom. The van der Waals surface area contributed by atoms with Crippen LogP contribution in [0.2, 0.25) is 0 Å². The lowest BCUT2D eigenvalue weighted by molar-refractivity contribution is -0.138. The number of H-pyrrole nitrogens is 1. The molecule has 3 N–H and O–H groups in total. The van der Waals surface area contributed by atoms with E-state index in [1.165, 1.54) is 0 Å². The summed E-state index contributed by atoms with van der Waals surface area (Å²) in [6.07, 6.45) is 2.77. The number of nitrogens with zero attached hydrogens (tertiary/aromatic N) is 3. The number of likely N-dealkylation sites (tertiary alicyclic amines) is 1. The van der Waals surface area contributed by atoms with Gasteiger partial charge in [0.25, 0.3) is 0 Å². The van der Waals surface area contributed by atoms with Gasteiger partial charge in [-0.25, -0.2) is 9.78 Å². The number of amides is 2. The van der Waals surface area contributed by atoms with Gasteiger partial charge in [0.1, 0.15) is 17.0 Å². The van der Waals surface area contributed by atoms with Gasteiger partial charge in [-0.15, -0.1) is 0 Å². The number of rotatable bonds is 5. The molecule has 0 bridgehead atoms. The van der Waals surface area contributed by atoms with E-state index < -0.39 is 17.2 Å². The van der Waals surface area contributed by atoms with E-state index >= 15 is 0 Å². The fraction of sp³-hybridized carbons (Fsp3) is 0.545. The molecule has 9 heteroatoms. The highest BCUT2D eigenvalue weighted by Crippen LogP contribution is 2.29. The molecule has 2 aromatic rings. The number of hydrogen-bond donors (Lipinski definition) is 3. The molecule has 2 amide bonds. The van der Waals surface area contributed by atoms with E-state index in [2.05, 4.69) is 25.8 Å². The van der Waals surface area contributed by atoms with Gasteiger partial charge in [-0.2, -0.15) is 5.10 Å². The normalized spacial score (nSPS) is 15.5. The summed E-state index contributed by atoms with van der Waals surface area (Å²) >= 11 is 0. The number of pyridine rings is 1. The van der Waals surface area contributed by atoms with Gasteiger partial charge < -0.3 is 20.3 Å². The minimum absolute atomic E-state index is 0.112. The number of hydrogen-bond acceptors (Lipinski definition) is 6. The third-order valence-electron chi connectivity index (χ3n) is 5.09. The highest BCUT2D eigenvalue weighted by Gasteiger charge is 2.36. The van der Waals surface area contributed by atoms with Crippen LogP contribution in [0.1, 0.15) is 59.1 Å². The number of carbonyl (C=O) groups excluding carboxylic acids is 2. The van der Waals surface area contributed by atoms with Crippen molar-refractivity contribution in [2.45, 2.75) is 64.5 Å². The zero-order chi connectivity index (χ0) is 22.6. The van der Waals surface area contributed by atoms with Crippen LogP contribution in [0, 0.1) is 0 Å². The van der Waals surface area contributed by atoms with E-state index in [0.717, 1.165) is 30.2 Å². The minimum Gasteiger partial charge on any atom is -0.444 e. The van der Waals surface area contributed by atoms with Crippen LogP contribution in [0.5, 0.6) is 0 Å². The number of aromatic nitrogens is 3. The lowest BCUT2D eigenvalue weighted by atomic mass is 9.92. The maximum Gasteiger partial charge on any atom is 0.408 e. The molecule has 0 spiro atoms. The molecule has 168 valence electrons. The zero-order valence-corrected chi connectivity index (χ0v) is 18.9. The van der Waals surface area contributed by atoms with Gasteiger partial charge in [-0.3, -0.25) is 9.89 Å². The molecule has 0 saturated carbocycles. The number of carbonyl (C=O) groups is 2. The van der Waals surface area contributed by atoms with Gasteiger partial charge in [0.2, 0.25) is 5.91 Å². The van der Waals surface area contributed by atoms with Crippen LogP contribution in [0.4, 0.5) is 16.4 Å². The molecule has 2 aromatic heterocycles. The molecule has 3 rings (SSSR count). The Balaban J connectivity index is 1.53. The SMILES string of the molecule is CC(C)(C)OC(=O)NC(C)(C)C(=O)N1CCC(c2cc(Nc3ccccn3)n[nH]2)CC1. The third-order valence-corrected chi connectivity index (χ3v) is 5.09. The summed E-state index contributed by atoms with van der Waals surface area (Å²) in [5, 5.41) is 13.3. The molecule has 1 saturated heterocycles. The molecule has 9 nitrogen and oxygen atoms in total. The van der Waals surface area contributed by atoms with E-state index in [-0.39, 0.29) is 11.8 Å². The van der Waals surface area contributed by atoms with Crippen LogP contribution < -0.4 is 10.6 Å². The van der Waals surface area contributed by atoms with E-state index in [9.17, 15) is 9.59 Å². The van der Waals surface area contributed by atoms with Crippen LogP contribution in [-0.2, 0) is 9.53 Å². The number of alkyl carbamates (subject to hydrolysis) is 1. The Labute approximate surface area is 183 Å². The van der Waals surface area contributed by atoms with Crippen molar-refractivity contribution in [1.82, 2.24) is 25.4 Å². The fourth-order valence-corrected chi connectivity index (χ4v) is 3.58. The second kappa shape index (κ2) is 8.95. The second-order valence-corrected chi connectivity index (χ2v) is 9.37. The van der Waals surface area contributed by atoms with Crippen LogP contribution in [0.25, 0.3) is 0 Å². The average molecular weight is 429 g/mol. The number of piperidine rings is 1. The molecule has 3 heterocycles. The van der Waals surface area contributed by atoms with Crippen LogP contribution in [0.3, 0.4) is 0 Å². The highest BCUT2D eigenvalue weighted by atomic mass is 16.6. The summed E-state index contributed by atoms with van der Waals surface area (Å²) in [5.41, 5.74) is -0.615. The summed E-state index contributed by atoms with van der Waals surface area (Å²) in [7, 11) is 0. The van der Waals surface area contributed by atoms with E-state index in [4.69, 9.17) is 4.74 Å². The third kappa shape index (κ3) is 6.19. The smallest absolute Gasteiger partial charge is 0.408 e. The first-order valence-electron chi connectivity index (χ1n) is 10.6. The molecule has 1 aliphatic rings. The Morgan fingerprint density at radius 2 is 1.84 bits per heavy atom. The molecule has 0 atom stereocenters. The Bertz CT molecular complexity index is 895. The fourth-order valence-electron chi connectivity index (χ4n) is 3.58. The standard InChI is InChI=1S/C22H32N6O3/c1-21(2,3)31-20(30)25-22(4,5)19(29)28-12-9-15(10-13-28)16-14-18(27-26-16)24-17-8-6-7-11-23-17/h6-8,11,14-15H,9-10,12-13H2,1-5H3,(H,25,30)(H2,23,24,26,27). The van der Waals surface area contributed by atoms with Crippen LogP contribution in [0.15, 0.2) is 30.5 Å². The summed E-state index contributed by atoms with van der Waals surface area (Å²) in [6.45, 7) is 10.0. The predicted molar refractivity (Wildman–Crippen MR) is 118 cm³/mol. The molecule has 1 aliphatic heterocycles. The zero-order valence-electron chi connectivity index (χ0n) is 18.9. The van der Waals surface area contributed by atoms with Crippen molar-refractivity contribution in [1.29, 1.82) is 0 Å². The highest BCUT2D eigenvalue weighted by molar-refractivity contribution is 5.89. The molecule has 0 radical (unpaired) electrons. The summed E-state index contributed by atoms with van der Waals surface area (Å²) in [6, 6.07) is 7.64. The molecule has 0 aliphatic carbocycles.